The minimum atomic E-state index is -0.292. The van der Waals surface area contributed by atoms with Gasteiger partial charge in [-0.3, -0.25) is 4.79 Å². The van der Waals surface area contributed by atoms with Crippen LogP contribution in [0.3, 0.4) is 0 Å². The Labute approximate surface area is 122 Å². The molecule has 0 saturated heterocycles. The standard InChI is InChI=1S/C17H15FN2O/c18-14-8-6-12(7-9-14)11-19-20-17(21)16-10-15(16)13-4-2-1-3-5-13/h1-9,11,15-16H,10H2,(H,20,21). The summed E-state index contributed by atoms with van der Waals surface area (Å²) in [6.45, 7) is 0. The van der Waals surface area contributed by atoms with E-state index >= 15 is 0 Å². The van der Waals surface area contributed by atoms with Gasteiger partial charge in [0.05, 0.1) is 6.21 Å². The van der Waals surface area contributed by atoms with Crippen LogP contribution in [0.15, 0.2) is 59.7 Å². The van der Waals surface area contributed by atoms with Gasteiger partial charge in [0.1, 0.15) is 5.82 Å². The number of hydrogen-bond acceptors (Lipinski definition) is 2. The van der Waals surface area contributed by atoms with Gasteiger partial charge in [0.2, 0.25) is 5.91 Å². The number of rotatable bonds is 4. The third kappa shape index (κ3) is 3.34. The van der Waals surface area contributed by atoms with Gasteiger partial charge in [-0.1, -0.05) is 42.5 Å². The molecule has 2 atom stereocenters. The molecule has 3 nitrogen and oxygen atoms in total. The fraction of sp³-hybridized carbons (Fsp3) is 0.176. The molecule has 0 bridgehead atoms. The molecule has 1 fully saturated rings. The SMILES string of the molecule is O=C(NN=Cc1ccc(F)cc1)C1CC1c1ccccc1. The summed E-state index contributed by atoms with van der Waals surface area (Å²) in [4.78, 5) is 11.9. The van der Waals surface area contributed by atoms with Crippen LogP contribution in [0.5, 0.6) is 0 Å². The smallest absolute Gasteiger partial charge is 0.243 e. The molecule has 1 aliphatic rings. The third-order valence-corrected chi connectivity index (χ3v) is 3.61. The van der Waals surface area contributed by atoms with E-state index in [-0.39, 0.29) is 17.6 Å². The van der Waals surface area contributed by atoms with Gasteiger partial charge in [-0.25, -0.2) is 9.82 Å². The van der Waals surface area contributed by atoms with Crippen molar-refractivity contribution in [1.82, 2.24) is 5.43 Å². The number of amides is 1. The Morgan fingerprint density at radius 2 is 1.86 bits per heavy atom. The summed E-state index contributed by atoms with van der Waals surface area (Å²) in [5.74, 6) is -0.0629. The second-order valence-electron chi connectivity index (χ2n) is 5.15. The lowest BCUT2D eigenvalue weighted by Gasteiger charge is -2.00. The van der Waals surface area contributed by atoms with Crippen LogP contribution >= 0.6 is 0 Å². The lowest BCUT2D eigenvalue weighted by molar-refractivity contribution is -0.122. The van der Waals surface area contributed by atoms with Crippen LogP contribution in [0.1, 0.15) is 23.5 Å². The van der Waals surface area contributed by atoms with Gasteiger partial charge >= 0.3 is 0 Å². The summed E-state index contributed by atoms with van der Waals surface area (Å²) in [5, 5.41) is 3.91. The van der Waals surface area contributed by atoms with E-state index in [4.69, 9.17) is 0 Å². The largest absolute Gasteiger partial charge is 0.273 e. The zero-order valence-corrected chi connectivity index (χ0v) is 11.4. The third-order valence-electron chi connectivity index (χ3n) is 3.61. The maximum atomic E-state index is 12.7. The van der Waals surface area contributed by atoms with Gasteiger partial charge in [0.15, 0.2) is 0 Å². The summed E-state index contributed by atoms with van der Waals surface area (Å²) >= 11 is 0. The molecule has 1 N–H and O–H groups in total. The van der Waals surface area contributed by atoms with Gasteiger partial charge in [-0.05, 0) is 35.6 Å². The second-order valence-corrected chi connectivity index (χ2v) is 5.15. The van der Waals surface area contributed by atoms with E-state index < -0.39 is 0 Å². The minimum absolute atomic E-state index is 0.00207. The molecular formula is C17H15FN2O. The molecule has 0 aromatic heterocycles. The van der Waals surface area contributed by atoms with Crippen molar-refractivity contribution in [1.29, 1.82) is 0 Å². The maximum Gasteiger partial charge on any atom is 0.243 e. The molecule has 0 heterocycles. The highest BCUT2D eigenvalue weighted by molar-refractivity contribution is 5.85. The van der Waals surface area contributed by atoms with Crippen LogP contribution in [0.2, 0.25) is 0 Å². The molecule has 1 saturated carbocycles. The van der Waals surface area contributed by atoms with Gasteiger partial charge < -0.3 is 0 Å². The molecular weight excluding hydrogens is 267 g/mol. The Balaban J connectivity index is 1.53. The van der Waals surface area contributed by atoms with Crippen LogP contribution in [0.4, 0.5) is 4.39 Å². The van der Waals surface area contributed by atoms with E-state index in [1.807, 2.05) is 30.3 Å². The van der Waals surface area contributed by atoms with Gasteiger partial charge in [-0.2, -0.15) is 5.10 Å². The maximum absolute atomic E-state index is 12.7. The molecule has 0 radical (unpaired) electrons. The van der Waals surface area contributed by atoms with Crippen molar-refractivity contribution < 1.29 is 9.18 Å². The summed E-state index contributed by atoms with van der Waals surface area (Å²) in [6, 6.07) is 15.9. The zero-order valence-electron chi connectivity index (χ0n) is 11.4. The molecule has 0 spiro atoms. The Morgan fingerprint density at radius 1 is 1.14 bits per heavy atom. The molecule has 1 amide bonds. The van der Waals surface area contributed by atoms with E-state index in [1.165, 1.54) is 23.9 Å². The highest BCUT2D eigenvalue weighted by atomic mass is 19.1. The van der Waals surface area contributed by atoms with Crippen LogP contribution in [0.25, 0.3) is 0 Å². The van der Waals surface area contributed by atoms with Crippen molar-refractivity contribution in [2.75, 3.05) is 0 Å². The Morgan fingerprint density at radius 3 is 2.57 bits per heavy atom. The van der Waals surface area contributed by atoms with Crippen LogP contribution in [-0.2, 0) is 4.79 Å². The summed E-state index contributed by atoms with van der Waals surface area (Å²) in [5.41, 5.74) is 4.48. The number of hydrogen-bond donors (Lipinski definition) is 1. The first-order chi connectivity index (χ1) is 10.2. The first kappa shape index (κ1) is 13.5. The molecule has 21 heavy (non-hydrogen) atoms. The van der Waals surface area contributed by atoms with E-state index in [1.54, 1.807) is 12.1 Å². The summed E-state index contributed by atoms with van der Waals surface area (Å²) in [7, 11) is 0. The molecule has 0 aliphatic heterocycles. The molecule has 2 aromatic carbocycles. The van der Waals surface area contributed by atoms with Gasteiger partial charge in [0.25, 0.3) is 0 Å². The van der Waals surface area contributed by atoms with E-state index in [2.05, 4.69) is 10.5 Å². The highest BCUT2D eigenvalue weighted by Crippen LogP contribution is 2.47. The Bertz CT molecular complexity index is 652. The van der Waals surface area contributed by atoms with Crippen molar-refractivity contribution in [3.8, 4) is 0 Å². The molecule has 2 aromatic rings. The quantitative estimate of drug-likeness (QED) is 0.679. The normalized spacial score (nSPS) is 20.4. The Kier molecular flexibility index (Phi) is 3.77. The van der Waals surface area contributed by atoms with E-state index in [0.717, 1.165) is 12.0 Å². The molecule has 106 valence electrons. The lowest BCUT2D eigenvalue weighted by Crippen LogP contribution is -2.20. The molecule has 1 aliphatic carbocycles. The van der Waals surface area contributed by atoms with Crippen LogP contribution < -0.4 is 5.43 Å². The number of halogens is 1. The monoisotopic (exact) mass is 282 g/mol. The fourth-order valence-electron chi connectivity index (χ4n) is 2.36. The number of nitrogens with zero attached hydrogens (tertiary/aromatic N) is 1. The highest BCUT2D eigenvalue weighted by Gasteiger charge is 2.43. The average molecular weight is 282 g/mol. The topological polar surface area (TPSA) is 41.5 Å². The number of nitrogens with one attached hydrogen (secondary N) is 1. The molecule has 3 rings (SSSR count). The Hall–Kier alpha value is -2.49. The molecule has 4 heteroatoms. The van der Waals surface area contributed by atoms with Crippen molar-refractivity contribution >= 4 is 12.1 Å². The average Bonchev–Trinajstić information content (AvgIpc) is 3.31. The first-order valence-corrected chi connectivity index (χ1v) is 6.87. The number of benzene rings is 2. The molecule has 2 unspecified atom stereocenters. The fourth-order valence-corrected chi connectivity index (χ4v) is 2.36. The van der Waals surface area contributed by atoms with Gasteiger partial charge in [0, 0.05) is 5.92 Å². The van der Waals surface area contributed by atoms with E-state index in [0.29, 0.717) is 5.92 Å². The summed E-state index contributed by atoms with van der Waals surface area (Å²) in [6.07, 6.45) is 2.37. The second kappa shape index (κ2) is 5.87. The predicted molar refractivity (Wildman–Crippen MR) is 79.4 cm³/mol. The number of carbonyl (C=O) groups excluding carboxylic acids is 1. The van der Waals surface area contributed by atoms with Crippen LogP contribution in [-0.4, -0.2) is 12.1 Å². The number of carbonyl (C=O) groups is 1. The van der Waals surface area contributed by atoms with Crippen molar-refractivity contribution in [2.45, 2.75) is 12.3 Å². The van der Waals surface area contributed by atoms with Crippen molar-refractivity contribution in [2.24, 2.45) is 11.0 Å². The minimum Gasteiger partial charge on any atom is -0.273 e. The predicted octanol–water partition coefficient (Wildman–Crippen LogP) is 3.08. The number of hydrazone groups is 1. The van der Waals surface area contributed by atoms with E-state index in [9.17, 15) is 9.18 Å². The van der Waals surface area contributed by atoms with Crippen molar-refractivity contribution in [3.05, 3.63) is 71.5 Å². The zero-order chi connectivity index (χ0) is 14.7. The lowest BCUT2D eigenvalue weighted by atomic mass is 10.1. The van der Waals surface area contributed by atoms with Crippen LogP contribution in [0, 0.1) is 11.7 Å². The van der Waals surface area contributed by atoms with Gasteiger partial charge in [-0.15, -0.1) is 0 Å². The summed E-state index contributed by atoms with van der Waals surface area (Å²) < 4.78 is 12.7. The van der Waals surface area contributed by atoms with Crippen molar-refractivity contribution in [3.63, 3.8) is 0 Å². The first-order valence-electron chi connectivity index (χ1n) is 6.87.